The van der Waals surface area contributed by atoms with Gasteiger partial charge in [-0.2, -0.15) is 0 Å². The Morgan fingerprint density at radius 2 is 2.18 bits per heavy atom. The molecule has 3 heteroatoms. The zero-order valence-electron chi connectivity index (χ0n) is 11.5. The van der Waals surface area contributed by atoms with Crippen LogP contribution in [0.1, 0.15) is 46.0 Å². The Labute approximate surface area is 106 Å². The third-order valence-corrected chi connectivity index (χ3v) is 5.07. The van der Waals surface area contributed by atoms with Gasteiger partial charge in [0.25, 0.3) is 0 Å². The van der Waals surface area contributed by atoms with Gasteiger partial charge >= 0.3 is 0 Å². The molecule has 17 heavy (non-hydrogen) atoms. The van der Waals surface area contributed by atoms with Gasteiger partial charge in [-0.05, 0) is 51.6 Å². The molecule has 0 spiro atoms. The summed E-state index contributed by atoms with van der Waals surface area (Å²) >= 11 is 0. The highest BCUT2D eigenvalue weighted by Crippen LogP contribution is 2.34. The summed E-state index contributed by atoms with van der Waals surface area (Å²) in [6.45, 7) is 8.56. The van der Waals surface area contributed by atoms with Crippen LogP contribution >= 0.6 is 0 Å². The van der Waals surface area contributed by atoms with Crippen molar-refractivity contribution in [1.82, 2.24) is 4.90 Å². The fraction of sp³-hybridized carbons (Fsp3) is 1.00. The van der Waals surface area contributed by atoms with Crippen molar-refractivity contribution in [3.8, 4) is 0 Å². The van der Waals surface area contributed by atoms with Crippen LogP contribution in [0.3, 0.4) is 0 Å². The molecule has 3 nitrogen and oxygen atoms in total. The molecule has 2 rings (SSSR count). The molecule has 100 valence electrons. The van der Waals surface area contributed by atoms with E-state index in [0.717, 1.165) is 25.5 Å². The van der Waals surface area contributed by atoms with E-state index in [1.807, 2.05) is 0 Å². The quantitative estimate of drug-likeness (QED) is 0.820. The number of likely N-dealkylation sites (tertiary alicyclic amines) is 1. The van der Waals surface area contributed by atoms with E-state index in [0.29, 0.717) is 6.10 Å². The van der Waals surface area contributed by atoms with Crippen molar-refractivity contribution >= 4 is 0 Å². The van der Waals surface area contributed by atoms with Crippen molar-refractivity contribution in [3.05, 3.63) is 0 Å². The molecule has 0 bridgehead atoms. The van der Waals surface area contributed by atoms with Crippen LogP contribution in [0.25, 0.3) is 0 Å². The molecular weight excluding hydrogens is 212 g/mol. The second kappa shape index (κ2) is 5.68. The van der Waals surface area contributed by atoms with Crippen LogP contribution in [0.15, 0.2) is 0 Å². The number of nitrogens with zero attached hydrogens (tertiary/aromatic N) is 1. The Morgan fingerprint density at radius 3 is 2.76 bits per heavy atom. The maximum atomic E-state index is 6.09. The summed E-state index contributed by atoms with van der Waals surface area (Å²) in [6.07, 6.45) is 6.79. The summed E-state index contributed by atoms with van der Waals surface area (Å²) in [5.41, 5.74) is 6.21. The van der Waals surface area contributed by atoms with E-state index in [-0.39, 0.29) is 5.54 Å². The monoisotopic (exact) mass is 240 g/mol. The molecule has 2 saturated heterocycles. The lowest BCUT2D eigenvalue weighted by atomic mass is 9.89. The maximum Gasteiger partial charge on any atom is 0.0743 e. The summed E-state index contributed by atoms with van der Waals surface area (Å²) in [4.78, 5) is 2.64. The molecule has 0 aliphatic carbocycles. The van der Waals surface area contributed by atoms with Crippen LogP contribution in [-0.4, -0.2) is 42.8 Å². The molecule has 2 aliphatic heterocycles. The molecule has 3 unspecified atom stereocenters. The van der Waals surface area contributed by atoms with Gasteiger partial charge in [0, 0.05) is 13.2 Å². The predicted molar refractivity (Wildman–Crippen MR) is 71.0 cm³/mol. The summed E-state index contributed by atoms with van der Waals surface area (Å²) < 4.78 is 5.79. The van der Waals surface area contributed by atoms with E-state index in [1.165, 1.54) is 38.8 Å². The predicted octanol–water partition coefficient (Wildman–Crippen LogP) is 2.00. The van der Waals surface area contributed by atoms with E-state index in [2.05, 4.69) is 18.7 Å². The molecule has 2 heterocycles. The molecule has 0 amide bonds. The Kier molecular flexibility index (Phi) is 4.45. The first kappa shape index (κ1) is 13.3. The lowest BCUT2D eigenvalue weighted by Gasteiger charge is -2.42. The highest BCUT2D eigenvalue weighted by Gasteiger charge is 2.45. The van der Waals surface area contributed by atoms with Crippen LogP contribution in [0.4, 0.5) is 0 Å². The molecule has 2 aliphatic rings. The molecule has 2 fully saturated rings. The minimum Gasteiger partial charge on any atom is -0.376 e. The van der Waals surface area contributed by atoms with Crippen LogP contribution in [0.5, 0.6) is 0 Å². The summed E-state index contributed by atoms with van der Waals surface area (Å²) in [6, 6.07) is 0. The van der Waals surface area contributed by atoms with Crippen LogP contribution in [-0.2, 0) is 4.74 Å². The van der Waals surface area contributed by atoms with Crippen molar-refractivity contribution in [1.29, 1.82) is 0 Å². The number of nitrogens with two attached hydrogens (primary N) is 1. The van der Waals surface area contributed by atoms with Crippen LogP contribution in [0, 0.1) is 5.92 Å². The Balaban J connectivity index is 2.04. The van der Waals surface area contributed by atoms with Crippen molar-refractivity contribution < 1.29 is 4.74 Å². The van der Waals surface area contributed by atoms with E-state index in [4.69, 9.17) is 10.5 Å². The first-order valence-electron chi connectivity index (χ1n) is 7.29. The highest BCUT2D eigenvalue weighted by molar-refractivity contribution is 5.01. The normalized spacial score (nSPS) is 40.4. The Morgan fingerprint density at radius 1 is 1.35 bits per heavy atom. The largest absolute Gasteiger partial charge is 0.376 e. The first-order chi connectivity index (χ1) is 8.23. The fourth-order valence-electron chi connectivity index (χ4n) is 3.60. The second-order valence-electron chi connectivity index (χ2n) is 5.76. The van der Waals surface area contributed by atoms with E-state index < -0.39 is 0 Å². The third kappa shape index (κ3) is 2.51. The zero-order valence-corrected chi connectivity index (χ0v) is 11.5. The number of hydrogen-bond donors (Lipinski definition) is 1. The van der Waals surface area contributed by atoms with Gasteiger partial charge in [-0.25, -0.2) is 0 Å². The zero-order chi connectivity index (χ0) is 12.3. The second-order valence-corrected chi connectivity index (χ2v) is 5.76. The average Bonchev–Trinajstić information content (AvgIpc) is 2.59. The molecule has 2 N–H and O–H groups in total. The van der Waals surface area contributed by atoms with Crippen molar-refractivity contribution in [2.45, 2.75) is 57.6 Å². The standard InChI is InChI=1S/C14H28N2O/c1-3-13-5-4-8-16(9-6-13)14(11-15)7-10-17-12(14)2/h12-13H,3-11,15H2,1-2H3. The molecule has 0 saturated carbocycles. The Hall–Kier alpha value is -0.120. The van der Waals surface area contributed by atoms with E-state index in [9.17, 15) is 0 Å². The molecule has 0 aromatic rings. The van der Waals surface area contributed by atoms with Crippen molar-refractivity contribution in [2.24, 2.45) is 11.7 Å². The van der Waals surface area contributed by atoms with Crippen LogP contribution in [0.2, 0.25) is 0 Å². The molecule has 0 aromatic carbocycles. The van der Waals surface area contributed by atoms with Gasteiger partial charge in [-0.3, -0.25) is 4.90 Å². The van der Waals surface area contributed by atoms with Gasteiger partial charge in [0.1, 0.15) is 0 Å². The lowest BCUT2D eigenvalue weighted by molar-refractivity contribution is 0.0155. The fourth-order valence-corrected chi connectivity index (χ4v) is 3.60. The summed E-state index contributed by atoms with van der Waals surface area (Å²) in [5.74, 6) is 0.924. The maximum absolute atomic E-state index is 6.09. The van der Waals surface area contributed by atoms with E-state index >= 15 is 0 Å². The van der Waals surface area contributed by atoms with Crippen molar-refractivity contribution in [2.75, 3.05) is 26.2 Å². The number of ether oxygens (including phenoxy) is 1. The van der Waals surface area contributed by atoms with Gasteiger partial charge in [0.2, 0.25) is 0 Å². The molecule has 0 radical (unpaired) electrons. The number of rotatable bonds is 3. The third-order valence-electron chi connectivity index (χ3n) is 5.07. The van der Waals surface area contributed by atoms with Crippen LogP contribution < -0.4 is 5.73 Å². The van der Waals surface area contributed by atoms with Gasteiger partial charge in [0.05, 0.1) is 11.6 Å². The highest BCUT2D eigenvalue weighted by atomic mass is 16.5. The number of hydrogen-bond acceptors (Lipinski definition) is 3. The smallest absolute Gasteiger partial charge is 0.0743 e. The summed E-state index contributed by atoms with van der Waals surface area (Å²) in [5, 5.41) is 0. The van der Waals surface area contributed by atoms with Gasteiger partial charge < -0.3 is 10.5 Å². The SMILES string of the molecule is CCC1CCCN(C2(CN)CCOC2C)CC1. The van der Waals surface area contributed by atoms with E-state index in [1.54, 1.807) is 0 Å². The minimum atomic E-state index is 0.128. The van der Waals surface area contributed by atoms with Gasteiger partial charge in [0.15, 0.2) is 0 Å². The first-order valence-corrected chi connectivity index (χ1v) is 7.29. The van der Waals surface area contributed by atoms with Gasteiger partial charge in [-0.15, -0.1) is 0 Å². The Bertz CT molecular complexity index is 246. The average molecular weight is 240 g/mol. The molecule has 3 atom stereocenters. The lowest BCUT2D eigenvalue weighted by Crippen LogP contribution is -2.58. The molecule has 0 aromatic heterocycles. The summed E-state index contributed by atoms with van der Waals surface area (Å²) in [7, 11) is 0. The minimum absolute atomic E-state index is 0.128. The van der Waals surface area contributed by atoms with Gasteiger partial charge in [-0.1, -0.05) is 13.3 Å². The molecular formula is C14H28N2O. The van der Waals surface area contributed by atoms with Crippen molar-refractivity contribution in [3.63, 3.8) is 0 Å². The topological polar surface area (TPSA) is 38.5 Å².